The number of carbonyl (C=O) groups is 1. The minimum Gasteiger partial charge on any atom is -0.489 e. The quantitative estimate of drug-likeness (QED) is 0.465. The summed E-state index contributed by atoms with van der Waals surface area (Å²) in [5.74, 6) is 0.954. The van der Waals surface area contributed by atoms with E-state index in [9.17, 15) is 13.2 Å². The van der Waals surface area contributed by atoms with Crippen molar-refractivity contribution in [2.75, 3.05) is 13.7 Å². The van der Waals surface area contributed by atoms with Crippen molar-refractivity contribution in [3.8, 4) is 11.5 Å². The third kappa shape index (κ3) is 7.72. The van der Waals surface area contributed by atoms with Gasteiger partial charge in [-0.05, 0) is 48.0 Å². The number of rotatable bonds is 11. The number of amides is 1. The fourth-order valence-corrected chi connectivity index (χ4v) is 3.59. The van der Waals surface area contributed by atoms with Gasteiger partial charge in [0.2, 0.25) is 10.0 Å². The van der Waals surface area contributed by atoms with Crippen LogP contribution in [-0.2, 0) is 33.7 Å². The average Bonchev–Trinajstić information content (AvgIpc) is 2.82. The maximum atomic E-state index is 12.1. The van der Waals surface area contributed by atoms with Crippen LogP contribution in [0.25, 0.3) is 0 Å². The Hall–Kier alpha value is -3.36. The van der Waals surface area contributed by atoms with Gasteiger partial charge in [0, 0.05) is 6.54 Å². The molecule has 0 heterocycles. The lowest BCUT2D eigenvalue weighted by atomic mass is 10.1. The standard InChI is InChI=1S/C24H26N2O5S/c1-25-32(28,29)18-21-9-7-19(8-10-21)15-26-24(27)17-31-23-13-11-22(12-14-23)30-16-20-5-3-2-4-6-20/h2-14,25H,15-18H2,1H3,(H,26,27). The zero-order chi connectivity index (χ0) is 22.8. The molecule has 0 radical (unpaired) electrons. The van der Waals surface area contributed by atoms with E-state index in [0.29, 0.717) is 24.5 Å². The van der Waals surface area contributed by atoms with Crippen LogP contribution < -0.4 is 19.5 Å². The molecule has 0 fully saturated rings. The Labute approximate surface area is 188 Å². The number of hydrogen-bond acceptors (Lipinski definition) is 5. The fraction of sp³-hybridized carbons (Fsp3) is 0.208. The summed E-state index contributed by atoms with van der Waals surface area (Å²) in [6.07, 6.45) is 0. The summed E-state index contributed by atoms with van der Waals surface area (Å²) in [5, 5.41) is 2.78. The van der Waals surface area contributed by atoms with Gasteiger partial charge in [-0.3, -0.25) is 4.79 Å². The van der Waals surface area contributed by atoms with Crippen LogP contribution in [-0.4, -0.2) is 28.0 Å². The summed E-state index contributed by atoms with van der Waals surface area (Å²) in [5.41, 5.74) is 2.62. The molecule has 0 atom stereocenters. The molecule has 7 nitrogen and oxygen atoms in total. The zero-order valence-electron chi connectivity index (χ0n) is 17.8. The van der Waals surface area contributed by atoms with Gasteiger partial charge >= 0.3 is 0 Å². The van der Waals surface area contributed by atoms with E-state index < -0.39 is 10.0 Å². The topological polar surface area (TPSA) is 93.7 Å². The van der Waals surface area contributed by atoms with Gasteiger partial charge in [0.05, 0.1) is 5.75 Å². The van der Waals surface area contributed by atoms with Crippen LogP contribution in [0.1, 0.15) is 16.7 Å². The van der Waals surface area contributed by atoms with Crippen molar-refractivity contribution in [3.05, 3.63) is 95.6 Å². The number of ether oxygens (including phenoxy) is 2. The lowest BCUT2D eigenvalue weighted by Crippen LogP contribution is -2.28. The molecule has 0 saturated heterocycles. The second-order valence-electron chi connectivity index (χ2n) is 7.09. The van der Waals surface area contributed by atoms with E-state index in [0.717, 1.165) is 16.9 Å². The van der Waals surface area contributed by atoms with Crippen LogP contribution in [0.3, 0.4) is 0 Å². The third-order valence-corrected chi connectivity index (χ3v) is 5.96. The van der Waals surface area contributed by atoms with Gasteiger partial charge in [-0.25, -0.2) is 13.1 Å². The molecule has 0 aliphatic rings. The van der Waals surface area contributed by atoms with E-state index in [2.05, 4.69) is 10.0 Å². The number of sulfonamides is 1. The summed E-state index contributed by atoms with van der Waals surface area (Å²) >= 11 is 0. The molecule has 0 spiro atoms. The first-order chi connectivity index (χ1) is 15.4. The monoisotopic (exact) mass is 454 g/mol. The number of carbonyl (C=O) groups excluding carboxylic acids is 1. The molecule has 3 rings (SSSR count). The summed E-state index contributed by atoms with van der Waals surface area (Å²) in [6.45, 7) is 0.700. The van der Waals surface area contributed by atoms with Crippen LogP contribution in [0.15, 0.2) is 78.9 Å². The van der Waals surface area contributed by atoms with Gasteiger partial charge in [-0.15, -0.1) is 0 Å². The fourth-order valence-electron chi connectivity index (χ4n) is 2.82. The van der Waals surface area contributed by atoms with Crippen molar-refractivity contribution < 1.29 is 22.7 Å². The van der Waals surface area contributed by atoms with Crippen LogP contribution >= 0.6 is 0 Å². The van der Waals surface area contributed by atoms with Crippen molar-refractivity contribution in [1.82, 2.24) is 10.0 Å². The minimum absolute atomic E-state index is 0.0833. The lowest BCUT2D eigenvalue weighted by Gasteiger charge is -2.10. The molecule has 3 aromatic carbocycles. The van der Waals surface area contributed by atoms with Crippen molar-refractivity contribution in [3.63, 3.8) is 0 Å². The smallest absolute Gasteiger partial charge is 0.258 e. The molecule has 3 aromatic rings. The number of nitrogens with one attached hydrogen (secondary N) is 2. The predicted octanol–water partition coefficient (Wildman–Crippen LogP) is 3.01. The van der Waals surface area contributed by atoms with Gasteiger partial charge in [-0.1, -0.05) is 54.6 Å². The average molecular weight is 455 g/mol. The zero-order valence-corrected chi connectivity index (χ0v) is 18.6. The SMILES string of the molecule is CNS(=O)(=O)Cc1ccc(CNC(=O)COc2ccc(OCc3ccccc3)cc2)cc1. The Balaban J connectivity index is 1.39. The summed E-state index contributed by atoms with van der Waals surface area (Å²) in [6, 6.07) is 24.0. The molecule has 0 saturated carbocycles. The molecule has 32 heavy (non-hydrogen) atoms. The van der Waals surface area contributed by atoms with Gasteiger partial charge in [0.15, 0.2) is 6.61 Å². The second-order valence-corrected chi connectivity index (χ2v) is 9.02. The normalized spacial score (nSPS) is 11.0. The van der Waals surface area contributed by atoms with Crippen molar-refractivity contribution >= 4 is 15.9 Å². The molecule has 0 bridgehead atoms. The van der Waals surface area contributed by atoms with Crippen molar-refractivity contribution in [2.45, 2.75) is 18.9 Å². The van der Waals surface area contributed by atoms with Crippen molar-refractivity contribution in [1.29, 1.82) is 0 Å². The molecular formula is C24H26N2O5S. The molecule has 0 aliphatic heterocycles. The second kappa shape index (κ2) is 11.3. The molecule has 1 amide bonds. The molecular weight excluding hydrogens is 428 g/mol. The van der Waals surface area contributed by atoms with Gasteiger partial charge < -0.3 is 14.8 Å². The minimum atomic E-state index is -3.31. The molecule has 0 unspecified atom stereocenters. The van der Waals surface area contributed by atoms with Crippen LogP contribution in [0.4, 0.5) is 0 Å². The maximum absolute atomic E-state index is 12.1. The highest BCUT2D eigenvalue weighted by molar-refractivity contribution is 7.88. The first-order valence-corrected chi connectivity index (χ1v) is 11.7. The first-order valence-electron chi connectivity index (χ1n) is 10.1. The van der Waals surface area contributed by atoms with E-state index in [-0.39, 0.29) is 18.3 Å². The maximum Gasteiger partial charge on any atom is 0.258 e. The highest BCUT2D eigenvalue weighted by Gasteiger charge is 2.09. The Morgan fingerprint density at radius 3 is 2.00 bits per heavy atom. The van der Waals surface area contributed by atoms with Crippen molar-refractivity contribution in [2.24, 2.45) is 0 Å². The molecule has 168 valence electrons. The lowest BCUT2D eigenvalue weighted by molar-refractivity contribution is -0.123. The van der Waals surface area contributed by atoms with E-state index in [4.69, 9.17) is 9.47 Å². The largest absolute Gasteiger partial charge is 0.489 e. The van der Waals surface area contributed by atoms with Gasteiger partial charge in [0.1, 0.15) is 18.1 Å². The first kappa shape index (κ1) is 23.3. The third-order valence-electron chi connectivity index (χ3n) is 4.62. The molecule has 2 N–H and O–H groups in total. The van der Waals surface area contributed by atoms with Gasteiger partial charge in [0.25, 0.3) is 5.91 Å². The molecule has 0 aliphatic carbocycles. The number of benzene rings is 3. The van der Waals surface area contributed by atoms with E-state index >= 15 is 0 Å². The summed E-state index contributed by atoms with van der Waals surface area (Å²) in [7, 11) is -1.92. The summed E-state index contributed by atoms with van der Waals surface area (Å²) in [4.78, 5) is 12.1. The van der Waals surface area contributed by atoms with Crippen LogP contribution in [0.2, 0.25) is 0 Å². The number of hydrogen-bond donors (Lipinski definition) is 2. The van der Waals surface area contributed by atoms with Crippen LogP contribution in [0.5, 0.6) is 11.5 Å². The molecule has 8 heteroatoms. The Bertz CT molecular complexity index is 1100. The van der Waals surface area contributed by atoms with E-state index in [1.54, 1.807) is 48.5 Å². The predicted molar refractivity (Wildman–Crippen MR) is 123 cm³/mol. The Morgan fingerprint density at radius 1 is 0.781 bits per heavy atom. The van der Waals surface area contributed by atoms with E-state index in [1.807, 2.05) is 30.3 Å². The Morgan fingerprint density at radius 2 is 1.38 bits per heavy atom. The summed E-state index contributed by atoms with van der Waals surface area (Å²) < 4.78 is 36.7. The highest BCUT2D eigenvalue weighted by Crippen LogP contribution is 2.18. The van der Waals surface area contributed by atoms with Crippen LogP contribution in [0, 0.1) is 0 Å². The Kier molecular flexibility index (Phi) is 8.24. The van der Waals surface area contributed by atoms with E-state index in [1.165, 1.54) is 7.05 Å². The highest BCUT2D eigenvalue weighted by atomic mass is 32.2. The van der Waals surface area contributed by atoms with Gasteiger partial charge in [-0.2, -0.15) is 0 Å². The molecule has 0 aromatic heterocycles.